The minimum atomic E-state index is 0. The van der Waals surface area contributed by atoms with Gasteiger partial charge in [0.15, 0.2) is 0 Å². The molecule has 0 saturated heterocycles. The third-order valence-electron chi connectivity index (χ3n) is 1.89. The van der Waals surface area contributed by atoms with Crippen LogP contribution in [0.5, 0.6) is 0 Å². The molecule has 0 spiro atoms. The maximum atomic E-state index is 5.49. The quantitative estimate of drug-likeness (QED) is 0.876. The van der Waals surface area contributed by atoms with E-state index in [4.69, 9.17) is 5.73 Å². The van der Waals surface area contributed by atoms with Crippen molar-refractivity contribution in [1.29, 1.82) is 0 Å². The number of hydrogen-bond donors (Lipinski definition) is 1. The number of rotatable bonds is 2. The molecule has 0 aliphatic carbocycles. The van der Waals surface area contributed by atoms with E-state index in [-0.39, 0.29) is 24.8 Å². The van der Waals surface area contributed by atoms with Crippen molar-refractivity contribution in [2.45, 2.75) is 6.54 Å². The van der Waals surface area contributed by atoms with Gasteiger partial charge in [0.05, 0.1) is 0 Å². The Balaban J connectivity index is 0.000000980. The van der Waals surface area contributed by atoms with Crippen LogP contribution in [-0.2, 0) is 6.54 Å². The fraction of sp³-hybridized carbons (Fsp3) is 0.111. The van der Waals surface area contributed by atoms with Crippen LogP contribution in [0.3, 0.4) is 0 Å². The van der Waals surface area contributed by atoms with E-state index in [0.717, 1.165) is 11.3 Å². The fourth-order valence-electron chi connectivity index (χ4n) is 1.14. The first-order valence-electron chi connectivity index (χ1n) is 4.04. The molecule has 15 heavy (non-hydrogen) atoms. The summed E-state index contributed by atoms with van der Waals surface area (Å²) in [5.41, 5.74) is 7.65. The van der Waals surface area contributed by atoms with Gasteiger partial charge in [-0.25, -0.2) is 0 Å². The van der Waals surface area contributed by atoms with Gasteiger partial charge in [-0.1, -0.05) is 12.1 Å². The number of hydrogen-bond acceptors (Lipinski definition) is 3. The van der Waals surface area contributed by atoms with Crippen LogP contribution in [0.1, 0.15) is 5.56 Å². The smallest absolute Gasteiger partial charge is 0.123 e. The van der Waals surface area contributed by atoms with Crippen molar-refractivity contribution in [3.8, 4) is 5.69 Å². The third-order valence-corrected chi connectivity index (χ3v) is 1.89. The van der Waals surface area contributed by atoms with Gasteiger partial charge >= 0.3 is 0 Å². The molecule has 2 rings (SSSR count). The monoisotopic (exact) mass is 246 g/mol. The molecular weight excluding hydrogens is 235 g/mol. The van der Waals surface area contributed by atoms with E-state index in [0.29, 0.717) is 6.54 Å². The van der Waals surface area contributed by atoms with E-state index in [9.17, 15) is 0 Å². The summed E-state index contributed by atoms with van der Waals surface area (Å²) in [6.45, 7) is 0.572. The lowest BCUT2D eigenvalue weighted by atomic mass is 10.2. The maximum Gasteiger partial charge on any atom is 0.123 e. The number of aromatic nitrogens is 3. The first kappa shape index (κ1) is 13.9. The molecule has 0 saturated carbocycles. The lowest BCUT2D eigenvalue weighted by Gasteiger charge is -2.01. The molecule has 0 atom stereocenters. The summed E-state index contributed by atoms with van der Waals surface area (Å²) in [6.07, 6.45) is 3.33. The van der Waals surface area contributed by atoms with Gasteiger partial charge in [-0.3, -0.25) is 4.57 Å². The molecule has 0 fully saturated rings. The predicted octanol–water partition coefficient (Wildman–Crippen LogP) is 1.57. The summed E-state index contributed by atoms with van der Waals surface area (Å²) in [5, 5.41) is 7.46. The third kappa shape index (κ3) is 3.20. The van der Waals surface area contributed by atoms with Gasteiger partial charge in [0.1, 0.15) is 12.7 Å². The molecule has 2 aromatic rings. The van der Waals surface area contributed by atoms with Crippen molar-refractivity contribution in [2.75, 3.05) is 0 Å². The number of benzene rings is 1. The summed E-state index contributed by atoms with van der Waals surface area (Å²) < 4.78 is 1.85. The Kier molecular flexibility index (Phi) is 5.93. The Hall–Kier alpha value is -1.10. The van der Waals surface area contributed by atoms with Gasteiger partial charge in [0.2, 0.25) is 0 Å². The van der Waals surface area contributed by atoms with Crippen LogP contribution in [0.2, 0.25) is 0 Å². The molecule has 0 bridgehead atoms. The summed E-state index contributed by atoms with van der Waals surface area (Å²) in [5.74, 6) is 0. The number of nitrogens with zero attached hydrogens (tertiary/aromatic N) is 3. The molecule has 0 aliphatic heterocycles. The van der Waals surface area contributed by atoms with E-state index in [1.807, 2.05) is 28.8 Å². The predicted molar refractivity (Wildman–Crippen MR) is 63.7 cm³/mol. The minimum absolute atomic E-state index is 0. The van der Waals surface area contributed by atoms with Crippen LogP contribution in [0.25, 0.3) is 5.69 Å². The van der Waals surface area contributed by atoms with Gasteiger partial charge < -0.3 is 5.73 Å². The highest BCUT2D eigenvalue weighted by atomic mass is 35.5. The minimum Gasteiger partial charge on any atom is -0.326 e. The van der Waals surface area contributed by atoms with Gasteiger partial charge in [0, 0.05) is 12.2 Å². The van der Waals surface area contributed by atoms with Crippen LogP contribution >= 0.6 is 24.8 Å². The SMILES string of the molecule is Cl.Cl.NCc1ccc(-n2cnnc2)cc1. The van der Waals surface area contributed by atoms with Gasteiger partial charge in [0.25, 0.3) is 0 Å². The van der Waals surface area contributed by atoms with Crippen molar-refractivity contribution in [3.63, 3.8) is 0 Å². The summed E-state index contributed by atoms with van der Waals surface area (Å²) >= 11 is 0. The molecule has 4 nitrogen and oxygen atoms in total. The van der Waals surface area contributed by atoms with Gasteiger partial charge in [-0.05, 0) is 17.7 Å². The summed E-state index contributed by atoms with van der Waals surface area (Å²) in [7, 11) is 0. The van der Waals surface area contributed by atoms with Crippen molar-refractivity contribution >= 4 is 24.8 Å². The first-order valence-corrected chi connectivity index (χ1v) is 4.04. The van der Waals surface area contributed by atoms with E-state index in [2.05, 4.69) is 10.2 Å². The molecule has 1 heterocycles. The molecule has 1 aromatic heterocycles. The second-order valence-electron chi connectivity index (χ2n) is 2.74. The number of halogens is 2. The van der Waals surface area contributed by atoms with Crippen molar-refractivity contribution in [2.24, 2.45) is 5.73 Å². The van der Waals surface area contributed by atoms with Crippen LogP contribution < -0.4 is 5.73 Å². The van der Waals surface area contributed by atoms with E-state index >= 15 is 0 Å². The first-order chi connectivity index (χ1) is 6.40. The van der Waals surface area contributed by atoms with Crippen molar-refractivity contribution in [1.82, 2.24) is 14.8 Å². The Morgan fingerprint density at radius 1 is 1.00 bits per heavy atom. The zero-order valence-electron chi connectivity index (χ0n) is 7.91. The molecule has 0 radical (unpaired) electrons. The van der Waals surface area contributed by atoms with E-state index in [1.165, 1.54) is 0 Å². The van der Waals surface area contributed by atoms with Crippen molar-refractivity contribution < 1.29 is 0 Å². The molecule has 0 aliphatic rings. The fourth-order valence-corrected chi connectivity index (χ4v) is 1.14. The standard InChI is InChI=1S/C9H10N4.2ClH/c10-5-8-1-3-9(4-2-8)13-6-11-12-7-13;;/h1-4,6-7H,5,10H2;2*1H. The second-order valence-corrected chi connectivity index (χ2v) is 2.74. The zero-order chi connectivity index (χ0) is 9.10. The Morgan fingerprint density at radius 2 is 1.53 bits per heavy atom. The highest BCUT2D eigenvalue weighted by molar-refractivity contribution is 5.85. The van der Waals surface area contributed by atoms with Gasteiger partial charge in [-0.15, -0.1) is 35.0 Å². The molecular formula is C9H12Cl2N4. The van der Waals surface area contributed by atoms with Crippen LogP contribution in [0.15, 0.2) is 36.9 Å². The van der Waals surface area contributed by atoms with Crippen LogP contribution in [0.4, 0.5) is 0 Å². The molecule has 82 valence electrons. The largest absolute Gasteiger partial charge is 0.326 e. The summed E-state index contributed by atoms with van der Waals surface area (Å²) in [4.78, 5) is 0. The van der Waals surface area contributed by atoms with Crippen molar-refractivity contribution in [3.05, 3.63) is 42.5 Å². The van der Waals surface area contributed by atoms with Crippen LogP contribution in [-0.4, -0.2) is 14.8 Å². The molecule has 6 heteroatoms. The highest BCUT2D eigenvalue weighted by Crippen LogP contribution is 2.07. The Morgan fingerprint density at radius 3 is 2.00 bits per heavy atom. The molecule has 0 amide bonds. The highest BCUT2D eigenvalue weighted by Gasteiger charge is 1.94. The molecule has 1 aromatic carbocycles. The second kappa shape index (κ2) is 6.40. The maximum absolute atomic E-state index is 5.49. The van der Waals surface area contributed by atoms with Crippen LogP contribution in [0, 0.1) is 0 Å². The Bertz CT molecular complexity index is 372. The Labute approximate surface area is 100 Å². The zero-order valence-corrected chi connectivity index (χ0v) is 9.54. The summed E-state index contributed by atoms with van der Waals surface area (Å²) in [6, 6.07) is 7.97. The van der Waals surface area contributed by atoms with E-state index in [1.54, 1.807) is 12.7 Å². The lowest BCUT2D eigenvalue weighted by molar-refractivity contribution is 1.03. The molecule has 0 unspecified atom stereocenters. The average molecular weight is 247 g/mol. The number of nitrogens with two attached hydrogens (primary N) is 1. The normalized spacial score (nSPS) is 8.87. The van der Waals surface area contributed by atoms with E-state index < -0.39 is 0 Å². The van der Waals surface area contributed by atoms with Gasteiger partial charge in [-0.2, -0.15) is 0 Å². The average Bonchev–Trinajstić information content (AvgIpc) is 2.71. The molecule has 2 N–H and O–H groups in total. The lowest BCUT2D eigenvalue weighted by Crippen LogP contribution is -1.96. The topological polar surface area (TPSA) is 56.7 Å².